The van der Waals surface area contributed by atoms with E-state index in [-0.39, 0.29) is 30.3 Å². The van der Waals surface area contributed by atoms with E-state index in [1.54, 1.807) is 0 Å². The van der Waals surface area contributed by atoms with Crippen molar-refractivity contribution in [2.75, 3.05) is 19.8 Å². The number of allylic oxidation sites excluding steroid dienone is 5. The maximum Gasteiger partial charge on any atom is 0.244 e. The average molecular weight is 559 g/mol. The Labute approximate surface area is 240 Å². The molecule has 2 aromatic rings. The van der Waals surface area contributed by atoms with Crippen LogP contribution in [0.15, 0.2) is 89.4 Å². The molecule has 1 aliphatic carbocycles. The van der Waals surface area contributed by atoms with E-state index in [0.29, 0.717) is 11.7 Å². The van der Waals surface area contributed by atoms with E-state index in [4.69, 9.17) is 0 Å². The number of thioether (sulfide) groups is 1. The smallest absolute Gasteiger partial charge is 0.244 e. The molecule has 2 atom stereocenters. The van der Waals surface area contributed by atoms with Crippen LogP contribution in [0.3, 0.4) is 0 Å². The van der Waals surface area contributed by atoms with E-state index < -0.39 is 6.04 Å². The molecule has 5 rings (SSSR count). The fraction of sp³-hybridized carbons (Fsp3) is 0.344. The summed E-state index contributed by atoms with van der Waals surface area (Å²) >= 11 is 1.87. The van der Waals surface area contributed by atoms with Gasteiger partial charge >= 0.3 is 0 Å². The van der Waals surface area contributed by atoms with Crippen LogP contribution >= 0.6 is 11.8 Å². The summed E-state index contributed by atoms with van der Waals surface area (Å²) in [5.74, 6) is -0.718. The molecule has 2 heterocycles. The van der Waals surface area contributed by atoms with Gasteiger partial charge in [-0.05, 0) is 65.7 Å². The van der Waals surface area contributed by atoms with Gasteiger partial charge < -0.3 is 21.3 Å². The summed E-state index contributed by atoms with van der Waals surface area (Å²) in [5.41, 5.74) is 3.75. The Balaban J connectivity index is 0.000000278. The number of carbonyl (C=O) groups is 3. The molecule has 4 N–H and O–H groups in total. The number of amides is 3. The van der Waals surface area contributed by atoms with E-state index >= 15 is 0 Å². The highest BCUT2D eigenvalue weighted by molar-refractivity contribution is 8.03. The van der Waals surface area contributed by atoms with Crippen molar-refractivity contribution in [1.82, 2.24) is 21.3 Å². The van der Waals surface area contributed by atoms with Crippen LogP contribution in [0.1, 0.15) is 32.3 Å². The summed E-state index contributed by atoms with van der Waals surface area (Å²) in [5, 5.41) is 16.4. The summed E-state index contributed by atoms with van der Waals surface area (Å²) in [6.07, 6.45) is 12.8. The second-order valence-electron chi connectivity index (χ2n) is 10.1. The van der Waals surface area contributed by atoms with Crippen molar-refractivity contribution in [2.24, 2.45) is 5.92 Å². The first-order chi connectivity index (χ1) is 19.4. The third-order valence-corrected chi connectivity index (χ3v) is 8.23. The molecule has 1 fully saturated rings. The zero-order chi connectivity index (χ0) is 28.3. The molecule has 2 aliphatic heterocycles. The Morgan fingerprint density at radius 3 is 2.60 bits per heavy atom. The highest BCUT2D eigenvalue weighted by Crippen LogP contribution is 2.30. The monoisotopic (exact) mass is 558 g/mol. The highest BCUT2D eigenvalue weighted by atomic mass is 32.2. The predicted molar refractivity (Wildman–Crippen MR) is 164 cm³/mol. The molecule has 2 bridgehead atoms. The molecular weight excluding hydrogens is 520 g/mol. The molecule has 2 aromatic carbocycles. The van der Waals surface area contributed by atoms with Crippen LogP contribution in [0.25, 0.3) is 10.8 Å². The topological polar surface area (TPSA) is 99.3 Å². The summed E-state index contributed by atoms with van der Waals surface area (Å²) in [4.78, 5) is 36.6. The second-order valence-corrected chi connectivity index (χ2v) is 11.2. The van der Waals surface area contributed by atoms with Crippen LogP contribution in [0.2, 0.25) is 0 Å². The van der Waals surface area contributed by atoms with E-state index in [0.717, 1.165) is 42.3 Å². The average Bonchev–Trinajstić information content (AvgIpc) is 3.17. The van der Waals surface area contributed by atoms with Gasteiger partial charge in [-0.1, -0.05) is 72.8 Å². The van der Waals surface area contributed by atoms with Crippen LogP contribution in [0, 0.1) is 5.92 Å². The van der Waals surface area contributed by atoms with Crippen molar-refractivity contribution < 1.29 is 14.4 Å². The summed E-state index contributed by atoms with van der Waals surface area (Å²) in [6.45, 7) is 5.19. The number of fused-ring (bicyclic) bond motifs is 2. The molecule has 3 amide bonds. The Bertz CT molecular complexity index is 1340. The Morgan fingerprint density at radius 1 is 1.02 bits per heavy atom. The Hall–Kier alpha value is -3.62. The van der Waals surface area contributed by atoms with Crippen LogP contribution in [0.5, 0.6) is 0 Å². The number of rotatable bonds is 7. The minimum absolute atomic E-state index is 0.0312. The van der Waals surface area contributed by atoms with Gasteiger partial charge in [-0.25, -0.2) is 0 Å². The van der Waals surface area contributed by atoms with Gasteiger partial charge in [0.05, 0.1) is 6.67 Å². The maximum absolute atomic E-state index is 12.8. The third-order valence-electron chi connectivity index (χ3n) is 7.14. The molecule has 0 spiro atoms. The lowest BCUT2D eigenvalue weighted by Gasteiger charge is -2.25. The van der Waals surface area contributed by atoms with Gasteiger partial charge in [0.15, 0.2) is 0 Å². The fourth-order valence-corrected chi connectivity index (χ4v) is 5.77. The minimum Gasteiger partial charge on any atom is -0.344 e. The molecule has 0 aromatic heterocycles. The molecule has 0 saturated carbocycles. The summed E-state index contributed by atoms with van der Waals surface area (Å²) in [6, 6.07) is 13.2. The first-order valence-electron chi connectivity index (χ1n) is 13.8. The predicted octanol–water partition coefficient (Wildman–Crippen LogP) is 4.13. The van der Waals surface area contributed by atoms with Crippen molar-refractivity contribution in [1.29, 1.82) is 0 Å². The van der Waals surface area contributed by atoms with Crippen molar-refractivity contribution in [3.8, 4) is 0 Å². The van der Waals surface area contributed by atoms with Gasteiger partial charge in [-0.3, -0.25) is 14.4 Å². The SMILES string of the molecule is CC(=O)NCNC(=O)C(Cc1cccc2ccccc12)NC(=O)C1CCNCC1.CC1=CSC2C=CC=CC1=C2. The largest absolute Gasteiger partial charge is 0.344 e. The van der Waals surface area contributed by atoms with E-state index in [1.807, 2.05) is 54.2 Å². The first-order valence-corrected chi connectivity index (χ1v) is 14.7. The van der Waals surface area contributed by atoms with Gasteiger partial charge in [0.2, 0.25) is 17.7 Å². The molecule has 2 unspecified atom stereocenters. The van der Waals surface area contributed by atoms with Crippen molar-refractivity contribution in [2.45, 2.75) is 44.4 Å². The second kappa shape index (κ2) is 14.7. The summed E-state index contributed by atoms with van der Waals surface area (Å²) < 4.78 is 0. The lowest BCUT2D eigenvalue weighted by Crippen LogP contribution is -2.52. The zero-order valence-electron chi connectivity index (χ0n) is 23.1. The summed E-state index contributed by atoms with van der Waals surface area (Å²) in [7, 11) is 0. The Morgan fingerprint density at radius 2 is 1.80 bits per heavy atom. The van der Waals surface area contributed by atoms with Gasteiger partial charge in [0.25, 0.3) is 0 Å². The number of hydrogen-bond donors (Lipinski definition) is 4. The van der Waals surface area contributed by atoms with E-state index in [2.05, 4.69) is 64.0 Å². The van der Waals surface area contributed by atoms with Gasteiger partial charge in [0, 0.05) is 24.5 Å². The number of hydrogen-bond acceptors (Lipinski definition) is 5. The molecule has 8 heteroatoms. The molecular formula is C32H38N4O3S. The maximum atomic E-state index is 12.8. The van der Waals surface area contributed by atoms with Crippen molar-refractivity contribution in [3.05, 3.63) is 95.0 Å². The number of nitrogens with one attached hydrogen (secondary N) is 4. The molecule has 0 radical (unpaired) electrons. The Kier molecular flexibility index (Phi) is 10.8. The van der Waals surface area contributed by atoms with Crippen molar-refractivity contribution >= 4 is 40.3 Å². The highest BCUT2D eigenvalue weighted by Gasteiger charge is 2.27. The van der Waals surface area contributed by atoms with E-state index in [1.165, 1.54) is 18.1 Å². The minimum atomic E-state index is -0.711. The van der Waals surface area contributed by atoms with Crippen LogP contribution in [-0.4, -0.2) is 48.8 Å². The number of piperidine rings is 1. The number of carbonyl (C=O) groups excluding carboxylic acids is 3. The van der Waals surface area contributed by atoms with Crippen LogP contribution in [0.4, 0.5) is 0 Å². The van der Waals surface area contributed by atoms with Crippen LogP contribution in [-0.2, 0) is 20.8 Å². The number of benzene rings is 2. The lowest BCUT2D eigenvalue weighted by molar-refractivity contribution is -0.131. The van der Waals surface area contributed by atoms with Gasteiger partial charge in [-0.15, -0.1) is 11.8 Å². The molecule has 40 heavy (non-hydrogen) atoms. The van der Waals surface area contributed by atoms with E-state index in [9.17, 15) is 14.4 Å². The molecule has 210 valence electrons. The van der Waals surface area contributed by atoms with Gasteiger partial charge in [-0.2, -0.15) is 0 Å². The normalized spacial score (nSPS) is 18.8. The fourth-order valence-electron chi connectivity index (χ4n) is 4.87. The standard InChI is InChI=1S/C22H28N4O3.C10H10S/c1-15(27)24-14-25-22(29)20(26-21(28)17-9-11-23-12-10-17)13-18-7-4-6-16-5-2-3-8-19(16)18;1-8-7-11-10-5-3-2-4-9(8)6-10/h2-8,17,20,23H,9-14H2,1H3,(H,24,27)(H,25,29)(H,26,28);2-7,10H,1H3. The third kappa shape index (κ3) is 8.44. The lowest BCUT2D eigenvalue weighted by atomic mass is 9.95. The quantitative estimate of drug-likeness (QED) is 0.383. The van der Waals surface area contributed by atoms with Crippen molar-refractivity contribution in [3.63, 3.8) is 0 Å². The molecule has 3 aliphatic rings. The first kappa shape index (κ1) is 29.4. The van der Waals surface area contributed by atoms with Gasteiger partial charge in [0.1, 0.15) is 6.04 Å². The molecule has 1 saturated heterocycles. The zero-order valence-corrected chi connectivity index (χ0v) is 23.9. The van der Waals surface area contributed by atoms with Crippen LogP contribution < -0.4 is 21.3 Å². The molecule has 7 nitrogen and oxygen atoms in total.